The van der Waals surface area contributed by atoms with Gasteiger partial charge >= 0.3 is 17.9 Å². The Morgan fingerprint density at radius 3 is 2.07 bits per heavy atom. The van der Waals surface area contributed by atoms with Gasteiger partial charge in [0.15, 0.2) is 23.1 Å². The average molecular weight is 1400 g/mol. The Balaban J connectivity index is 1.26. The lowest BCUT2D eigenvalue weighted by atomic mass is 9.89. The van der Waals surface area contributed by atoms with Crippen LogP contribution in [0.25, 0.3) is 0 Å². The molecule has 5 amide bonds. The number of carbonyl (C=O) groups is 12. The minimum absolute atomic E-state index is 0.0112. The number of hydrogen-bond donors (Lipinski definition) is 10. The molecular weight excluding hydrogens is 1310 g/mol. The van der Waals surface area contributed by atoms with Crippen LogP contribution in [0.5, 0.6) is 11.5 Å². The molecule has 27 nitrogen and oxygen atoms in total. The number of phenols is 2. The highest BCUT2D eigenvalue weighted by Crippen LogP contribution is 2.31. The molecule has 3 unspecified atom stereocenters. The van der Waals surface area contributed by atoms with Crippen molar-refractivity contribution in [2.75, 3.05) is 96.6 Å². The van der Waals surface area contributed by atoms with Crippen molar-refractivity contribution in [1.29, 1.82) is 0 Å². The molecule has 0 aromatic heterocycles. The molecule has 2 bridgehead atoms. The number of nitrogens with zero attached hydrogens (tertiary/aromatic N) is 5. The van der Waals surface area contributed by atoms with E-state index in [4.69, 9.17) is 11.6 Å². The van der Waals surface area contributed by atoms with Crippen LogP contribution in [0.3, 0.4) is 0 Å². The number of aliphatic hydroxyl groups excluding tert-OH is 1. The number of aliphatic hydroxyl groups is 1. The summed E-state index contributed by atoms with van der Waals surface area (Å²) in [5.74, 6) is -13.9. The number of aromatic hydroxyl groups is 2. The summed E-state index contributed by atoms with van der Waals surface area (Å²) in [6.45, 7) is 10.2. The van der Waals surface area contributed by atoms with Gasteiger partial charge in [0.1, 0.15) is 23.6 Å². The van der Waals surface area contributed by atoms with Crippen LogP contribution in [0, 0.1) is 23.7 Å². The molecule has 30 heteroatoms. The molecule has 0 spiro atoms. The van der Waals surface area contributed by atoms with Gasteiger partial charge in [-0.3, -0.25) is 67.3 Å². The lowest BCUT2D eigenvalue weighted by molar-refractivity contribution is -0.144. The Morgan fingerprint density at radius 1 is 0.750 bits per heavy atom. The van der Waals surface area contributed by atoms with Gasteiger partial charge < -0.3 is 66.6 Å². The molecule has 10 N–H and O–H groups in total. The number of rotatable bonds is 24. The van der Waals surface area contributed by atoms with Gasteiger partial charge in [0, 0.05) is 133 Å². The number of carboxylic acid groups (broad SMARTS) is 3. The van der Waals surface area contributed by atoms with Crippen molar-refractivity contribution in [3.05, 3.63) is 58.6 Å². The van der Waals surface area contributed by atoms with Crippen molar-refractivity contribution in [3.63, 3.8) is 0 Å². The Bertz CT molecular complexity index is 3060. The van der Waals surface area contributed by atoms with Crippen molar-refractivity contribution in [1.82, 2.24) is 45.8 Å². The molecule has 96 heavy (non-hydrogen) atoms. The van der Waals surface area contributed by atoms with Crippen molar-refractivity contribution in [3.8, 4) is 11.5 Å². The first kappa shape index (κ1) is 78.3. The maximum Gasteiger partial charge on any atom is 0.320 e. The zero-order valence-electron chi connectivity index (χ0n) is 54.8. The fourth-order valence-corrected chi connectivity index (χ4v) is 15.2. The van der Waals surface area contributed by atoms with Crippen LogP contribution >= 0.6 is 33.2 Å². The number of hydrogen-bond acceptors (Lipinski definition) is 21. The molecule has 4 aliphatic rings. The Morgan fingerprint density at radius 2 is 1.42 bits per heavy atom. The van der Waals surface area contributed by atoms with Crippen LogP contribution in [0.4, 0.5) is 0 Å². The van der Waals surface area contributed by atoms with E-state index in [-0.39, 0.29) is 97.6 Å². The molecule has 0 saturated carbocycles. The predicted octanol–water partition coefficient (Wildman–Crippen LogP) is 2.41. The quantitative estimate of drug-likeness (QED) is 0.0675. The summed E-state index contributed by atoms with van der Waals surface area (Å²) in [7, 11) is 2.07. The van der Waals surface area contributed by atoms with E-state index in [1.165, 1.54) is 42.5 Å². The predicted molar refractivity (Wildman–Crippen MR) is 358 cm³/mol. The number of phenolic OH excluding ortho intramolecular Hbond substituents is 2. The number of carboxylic acids is 3. The van der Waals surface area contributed by atoms with Crippen LogP contribution in [0.1, 0.15) is 109 Å². The summed E-state index contributed by atoms with van der Waals surface area (Å²) >= 11 is 6.24. The largest absolute Gasteiger partial charge is 0.508 e. The van der Waals surface area contributed by atoms with Crippen LogP contribution in [-0.4, -0.2) is 259 Å². The average Bonchev–Trinajstić information content (AvgIpc) is 1.64. The first-order chi connectivity index (χ1) is 45.7. The van der Waals surface area contributed by atoms with Crippen molar-refractivity contribution in [2.45, 2.75) is 147 Å². The Hall–Kier alpha value is -6.73. The lowest BCUT2D eigenvalue weighted by Gasteiger charge is -2.37. The van der Waals surface area contributed by atoms with Gasteiger partial charge in [-0.2, -0.15) is 0 Å². The van der Waals surface area contributed by atoms with Crippen molar-refractivity contribution >= 4 is 104 Å². The molecule has 4 aliphatic heterocycles. The molecule has 4 fully saturated rings. The van der Waals surface area contributed by atoms with Gasteiger partial charge in [-0.1, -0.05) is 72.2 Å². The smallest absolute Gasteiger partial charge is 0.320 e. The third-order valence-electron chi connectivity index (χ3n) is 17.9. The number of benzene rings is 2. The first-order valence-corrected chi connectivity index (χ1v) is 35.9. The van der Waals surface area contributed by atoms with Crippen LogP contribution in [-0.2, 0) is 70.4 Å². The fourth-order valence-electron chi connectivity index (χ4n) is 12.7. The first-order valence-electron chi connectivity index (χ1n) is 33.0. The topological polar surface area (TPSA) is 391 Å². The molecule has 2 aromatic rings. The summed E-state index contributed by atoms with van der Waals surface area (Å²) in [4.78, 5) is 175. The van der Waals surface area contributed by atoms with Gasteiger partial charge in [-0.25, -0.2) is 0 Å². The molecular formula is C66H94ClN9O18S2. The van der Waals surface area contributed by atoms with E-state index < -0.39 is 158 Å². The second-order valence-corrected chi connectivity index (χ2v) is 28.8. The molecule has 11 atom stereocenters. The molecule has 0 aliphatic carbocycles. The van der Waals surface area contributed by atoms with E-state index in [1.807, 2.05) is 23.6 Å². The van der Waals surface area contributed by atoms with E-state index in [9.17, 15) is 83.4 Å². The molecule has 0 radical (unpaired) electrons. The number of fused-ring (bicyclic) bond motifs is 4. The fraction of sp³-hybridized carbons (Fsp3) is 0.636. The maximum absolute atomic E-state index is 15.1. The standard InChI is InChI=1S/C66H94ClN9O18S2/c1-4-55(80)51-38-95-96-39-52(65(92)76-36-48(79)34-54(76)58(83)33-45(28-42-9-14-56(81)49(67)29-42)62(89)68-35-47(78)31-44(27-40(2)3)64(91)70-51)71-63(90)43(10-16-60(85)86)32-57(82)50(30-41-7-11-46(77)12-8-41)69-59(84)15-13-53(66(93)94)75-20-6-18-72-21-22-73(25-26-75)17-5-19-74(24-23-72)37-61(87)88/h7-9,11-12,14,29,40,43-45,48,50-54,77,79,81H,4-6,10,13,15-28,30-39H2,1-3H3,(H,68,89)(H,69,84)(H,70,91)(H,71,90)(H,85,86)(H,87,88)(H,93,94)/t43-,44+,45+,48+,50-,51-,52-,53?,54-/m0/s1. The Labute approximate surface area is 572 Å². The number of carbonyl (C=O) groups excluding carboxylic acids is 9. The van der Waals surface area contributed by atoms with E-state index in [0.29, 0.717) is 76.3 Å². The third-order valence-corrected chi connectivity index (χ3v) is 20.6. The van der Waals surface area contributed by atoms with E-state index in [0.717, 1.165) is 39.6 Å². The number of amides is 5. The highest BCUT2D eigenvalue weighted by molar-refractivity contribution is 8.76. The lowest BCUT2D eigenvalue weighted by Crippen LogP contribution is -2.54. The summed E-state index contributed by atoms with van der Waals surface area (Å²) in [6.07, 6.45) is -3.42. The van der Waals surface area contributed by atoms with Gasteiger partial charge in [0.25, 0.3) is 0 Å². The summed E-state index contributed by atoms with van der Waals surface area (Å²) in [5, 5.41) is 72.4. The minimum Gasteiger partial charge on any atom is -0.508 e. The number of halogens is 1. The van der Waals surface area contributed by atoms with E-state index >= 15 is 4.79 Å². The molecule has 4 saturated heterocycles. The number of aliphatic carboxylic acids is 3. The number of Topliss-reactive ketones (excluding diaryl/α,β-unsaturated/α-hetero) is 4. The van der Waals surface area contributed by atoms with Gasteiger partial charge in [-0.15, -0.1) is 0 Å². The number of nitrogens with one attached hydrogen (secondary N) is 4. The van der Waals surface area contributed by atoms with Gasteiger partial charge in [-0.05, 0) is 99.3 Å². The molecule has 530 valence electrons. The monoisotopic (exact) mass is 1400 g/mol. The highest BCUT2D eigenvalue weighted by atomic mass is 35.5. The van der Waals surface area contributed by atoms with Gasteiger partial charge in [0.2, 0.25) is 29.5 Å². The normalized spacial score (nSPS) is 24.7. The van der Waals surface area contributed by atoms with Crippen LogP contribution < -0.4 is 21.3 Å². The highest BCUT2D eigenvalue weighted by Gasteiger charge is 2.44. The minimum atomic E-state index is -1.57. The molecule has 4 heterocycles. The van der Waals surface area contributed by atoms with Crippen LogP contribution in [0.15, 0.2) is 42.5 Å². The maximum atomic E-state index is 15.1. The van der Waals surface area contributed by atoms with E-state index in [2.05, 4.69) is 31.1 Å². The van der Waals surface area contributed by atoms with E-state index in [1.54, 1.807) is 6.92 Å². The van der Waals surface area contributed by atoms with Gasteiger partial charge in [0.05, 0.1) is 42.3 Å². The SMILES string of the molecule is CCC(=O)[C@@H]1CSSC[C@H](NC(=O)[C@@H](CCC(=O)O)CC(=O)[C@H](Cc2ccc(O)cc2)NC(=O)CCC(C(=O)O)N2CCCN3CCN(CCCN(CC(=O)O)CC3)CC2)C(=O)N2C[C@H](O)C[C@H]2C(=O)C[C@@H](Cc2ccc(O)c(Cl)c2)C(=O)NCC(=O)C[C@@H](CC(C)C)C(=O)N1. The third kappa shape index (κ3) is 25.6. The van der Waals surface area contributed by atoms with Crippen molar-refractivity contribution < 1.29 is 88.2 Å². The summed E-state index contributed by atoms with van der Waals surface area (Å²) in [5.41, 5.74) is 0.886. The molecule has 2 aromatic carbocycles. The molecule has 6 rings (SSSR count). The number of ketones is 4. The Kier molecular flexibility index (Phi) is 31.8. The second kappa shape index (κ2) is 39.0. The summed E-state index contributed by atoms with van der Waals surface area (Å²) < 4.78 is 0. The second-order valence-electron chi connectivity index (χ2n) is 25.8. The van der Waals surface area contributed by atoms with Crippen molar-refractivity contribution in [2.24, 2.45) is 23.7 Å². The van der Waals surface area contributed by atoms with Crippen LogP contribution in [0.2, 0.25) is 5.02 Å². The zero-order valence-corrected chi connectivity index (χ0v) is 57.2. The summed E-state index contributed by atoms with van der Waals surface area (Å²) in [6, 6.07) is 3.43. The zero-order chi connectivity index (χ0) is 70.2.